The lowest BCUT2D eigenvalue weighted by molar-refractivity contribution is -0.144. The smallest absolute Gasteiger partial charge is 0.340 e. The number of benzene rings is 5. The quantitative estimate of drug-likeness (QED) is 0.0105. The van der Waals surface area contributed by atoms with Gasteiger partial charge >= 0.3 is 5.97 Å². The zero-order valence-corrected chi connectivity index (χ0v) is 68.9. The van der Waals surface area contributed by atoms with Gasteiger partial charge in [-0.2, -0.15) is 11.8 Å². The Morgan fingerprint density at radius 2 is 1.02 bits per heavy atom. The zero-order chi connectivity index (χ0) is 88.5. The van der Waals surface area contributed by atoms with E-state index in [-0.39, 0.29) is 136 Å². The third kappa shape index (κ3) is 24.9. The van der Waals surface area contributed by atoms with Crippen LogP contribution in [0.4, 0.5) is 0 Å². The molecule has 0 saturated carbocycles. The average molecular weight is 1710 g/mol. The number of phenolic OH excluding ortho intramolecular Hbond substituents is 2. The van der Waals surface area contributed by atoms with Crippen molar-refractivity contribution in [1.29, 1.82) is 5.41 Å². The van der Waals surface area contributed by atoms with Gasteiger partial charge in [0.15, 0.2) is 11.6 Å². The molecule has 654 valence electrons. The predicted molar refractivity (Wildman–Crippen MR) is 446 cm³/mol. The topological polar surface area (TPSA) is 596 Å². The number of amides is 14. The number of phenols is 2. The van der Waals surface area contributed by atoms with E-state index in [2.05, 4.69) is 53.2 Å². The molecule has 4 heterocycles. The highest BCUT2D eigenvalue weighted by atomic mass is 32.2. The summed E-state index contributed by atoms with van der Waals surface area (Å²) in [7, 11) is 0. The lowest BCUT2D eigenvalue weighted by Gasteiger charge is -2.36. The molecule has 5 aromatic rings. The van der Waals surface area contributed by atoms with Crippen LogP contribution in [-0.2, 0) is 85.5 Å². The molecule has 37 nitrogen and oxygen atoms in total. The van der Waals surface area contributed by atoms with Gasteiger partial charge in [-0.1, -0.05) is 80.6 Å². The molecule has 10 atom stereocenters. The maximum absolute atomic E-state index is 15.1. The van der Waals surface area contributed by atoms with Gasteiger partial charge in [0, 0.05) is 79.7 Å². The standard InChI is InChI=1S/C84H108N18O19S/c1-46(2)39-61(76(113)94-56(71(88)108)33-38-122-3)93-70(107)45-92-73(110)62(40-47-15-6-4-7-16-47)99-77(114)63(41-48-17-8-5-9-18-48)100-75(112)57(29-31-68(86)105)95-74(111)58(30-32-69(87)106)96-78(115)64-21-13-36-101(64)80(117)59(19-10-11-34-85)98-79(116)65-22-14-37-102(65)81(118)60(20-12-35-91-83(89)90)97-72(109)49-23-26-53-52(42-49)82(119)121-84(53)54-27-24-50(103)43-66(54)120-67-44-51(104)25-28-55(67)84/h4-9,15-18,23-28,42-44,46,56-65,103-104H,10-14,19-22,29-41,45,85H2,1-3H3,(H2,86,105)(H2,87,106)(H2,88,108)(H,92,110)(H,93,107)(H,94,113)(H,95,111)(H,96,115)(H,97,109)(H,98,116)(H,99,114)(H,100,112)(H4,89,90,91)/t56-,57-,58-,59-,60-,61-,62-,63-,64-,65-/m0/s1. The van der Waals surface area contributed by atoms with Gasteiger partial charge in [0.2, 0.25) is 76.8 Å². The van der Waals surface area contributed by atoms with E-state index in [0.717, 1.165) is 0 Å². The second-order valence-electron chi connectivity index (χ2n) is 30.9. The Kier molecular flexibility index (Phi) is 33.5. The highest BCUT2D eigenvalue weighted by molar-refractivity contribution is 7.98. The average Bonchev–Trinajstić information content (AvgIpc) is 1.51. The number of fused-ring (bicyclic) bond motifs is 6. The van der Waals surface area contributed by atoms with Gasteiger partial charge in [0.25, 0.3) is 5.91 Å². The Labute approximate surface area is 708 Å². The summed E-state index contributed by atoms with van der Waals surface area (Å²) in [6, 6.07) is 15.9. The van der Waals surface area contributed by atoms with Crippen molar-refractivity contribution in [2.24, 2.45) is 34.6 Å². The molecule has 14 amide bonds. The van der Waals surface area contributed by atoms with Crippen molar-refractivity contribution < 1.29 is 91.6 Å². The van der Waals surface area contributed by atoms with Gasteiger partial charge < -0.3 is 111 Å². The van der Waals surface area contributed by atoms with Crippen LogP contribution in [0.2, 0.25) is 0 Å². The van der Waals surface area contributed by atoms with Gasteiger partial charge in [0.05, 0.1) is 12.1 Å². The number of rotatable bonds is 44. The summed E-state index contributed by atoms with van der Waals surface area (Å²) in [6.07, 6.45) is 1.42. The molecule has 2 fully saturated rings. The number of guanidine groups is 1. The van der Waals surface area contributed by atoms with Gasteiger partial charge in [-0.05, 0) is 155 Å². The number of carbonyl (C=O) groups is 15. The minimum Gasteiger partial charge on any atom is -0.508 e. The third-order valence-corrected chi connectivity index (χ3v) is 22.0. The molecule has 4 aliphatic heterocycles. The highest BCUT2D eigenvalue weighted by Gasteiger charge is 2.54. The number of primary amides is 3. The number of nitrogens with two attached hydrogens (primary N) is 5. The summed E-state index contributed by atoms with van der Waals surface area (Å²) >= 11 is 1.44. The number of esters is 1. The first kappa shape index (κ1) is 93.0. The monoisotopic (exact) mass is 1700 g/mol. The maximum Gasteiger partial charge on any atom is 0.340 e. The number of likely N-dealkylation sites (tertiary alicyclic amines) is 2. The van der Waals surface area contributed by atoms with Crippen LogP contribution >= 0.6 is 11.8 Å². The molecule has 0 unspecified atom stereocenters. The van der Waals surface area contributed by atoms with Crippen molar-refractivity contribution in [3.8, 4) is 23.0 Å². The van der Waals surface area contributed by atoms with Crippen molar-refractivity contribution >= 4 is 106 Å². The number of aromatic hydroxyl groups is 2. The molecule has 0 radical (unpaired) electrons. The Balaban J connectivity index is 0.887. The van der Waals surface area contributed by atoms with E-state index in [1.807, 2.05) is 20.1 Å². The first-order valence-corrected chi connectivity index (χ1v) is 41.9. The van der Waals surface area contributed by atoms with Crippen molar-refractivity contribution in [2.75, 3.05) is 44.7 Å². The fraction of sp³-hybridized carbons (Fsp3) is 0.452. The van der Waals surface area contributed by atoms with Crippen LogP contribution in [0.25, 0.3) is 0 Å². The molecular weight excluding hydrogens is 1600 g/mol. The van der Waals surface area contributed by atoms with Crippen LogP contribution in [0.1, 0.15) is 159 Å². The van der Waals surface area contributed by atoms with Gasteiger partial charge in [-0.3, -0.25) is 72.5 Å². The second-order valence-corrected chi connectivity index (χ2v) is 31.9. The van der Waals surface area contributed by atoms with Crippen LogP contribution < -0.4 is 86.6 Å². The molecular formula is C84H108N18O19S. The Morgan fingerprint density at radius 3 is 1.53 bits per heavy atom. The van der Waals surface area contributed by atoms with Crippen LogP contribution in [0, 0.1) is 11.3 Å². The molecule has 23 N–H and O–H groups in total. The Morgan fingerprint density at radius 1 is 0.533 bits per heavy atom. The summed E-state index contributed by atoms with van der Waals surface area (Å²) in [6.45, 7) is 3.28. The van der Waals surface area contributed by atoms with Crippen molar-refractivity contribution in [3.05, 3.63) is 154 Å². The highest BCUT2D eigenvalue weighted by Crippen LogP contribution is 2.57. The number of unbranched alkanes of at least 4 members (excludes halogenated alkanes) is 1. The molecule has 122 heavy (non-hydrogen) atoms. The summed E-state index contributed by atoms with van der Waals surface area (Å²) in [5.74, 6) is -12.6. The number of hydrogen-bond acceptors (Lipinski definition) is 22. The Hall–Kier alpha value is -12.9. The number of ether oxygens (including phenoxy) is 2. The van der Waals surface area contributed by atoms with Gasteiger partial charge in [0.1, 0.15) is 83.4 Å². The number of carbonyl (C=O) groups excluding carboxylic acids is 15. The molecule has 0 bridgehead atoms. The largest absolute Gasteiger partial charge is 0.508 e. The fourth-order valence-electron chi connectivity index (χ4n) is 15.2. The van der Waals surface area contributed by atoms with Gasteiger partial charge in [-0.25, -0.2) is 4.79 Å². The van der Waals surface area contributed by atoms with Crippen LogP contribution in [0.15, 0.2) is 115 Å². The molecule has 9 rings (SSSR count). The third-order valence-electron chi connectivity index (χ3n) is 21.4. The van der Waals surface area contributed by atoms with Crippen molar-refractivity contribution in [3.63, 3.8) is 0 Å². The number of nitrogens with zero attached hydrogens (tertiary/aromatic N) is 2. The van der Waals surface area contributed by atoms with E-state index in [0.29, 0.717) is 52.8 Å². The first-order valence-electron chi connectivity index (χ1n) is 40.5. The lowest BCUT2D eigenvalue weighted by atomic mass is 9.77. The van der Waals surface area contributed by atoms with E-state index < -0.39 is 187 Å². The van der Waals surface area contributed by atoms with Crippen molar-refractivity contribution in [2.45, 2.75) is 189 Å². The molecule has 38 heteroatoms. The van der Waals surface area contributed by atoms with E-state index in [1.165, 1.54) is 76.2 Å². The SMILES string of the molecule is CSCC[C@H](NC(=O)[C@H](CC(C)C)NC(=O)CNC(=O)[C@H](Cc1ccccc1)NC(=O)[C@H](Cc1ccccc1)NC(=O)[C@H](CCC(N)=O)NC(=O)[C@H](CCC(N)=O)NC(=O)[C@@H]1CCCN1C(=O)[C@H](CCCCN)NC(=O)[C@@H]1CCCN1C(=O)[C@H](CCCNC(=N)N)NC(=O)c1ccc2c(c1)C(=O)OC21c2ccc(O)cc2Oc2cc(O)ccc21)C(N)=O. The number of hydrogen-bond donors (Lipinski definition) is 18. The predicted octanol–water partition coefficient (Wildman–Crippen LogP) is -0.0508. The second kappa shape index (κ2) is 43.9. The molecule has 2 saturated heterocycles. The zero-order valence-electron chi connectivity index (χ0n) is 68.1. The van der Waals surface area contributed by atoms with Crippen LogP contribution in [-0.4, -0.2) is 220 Å². The summed E-state index contributed by atoms with van der Waals surface area (Å²) in [5, 5.41) is 55.2. The minimum atomic E-state index is -1.70. The lowest BCUT2D eigenvalue weighted by Crippen LogP contribution is -2.60. The maximum atomic E-state index is 15.1. The molecule has 0 aromatic heterocycles. The van der Waals surface area contributed by atoms with Crippen LogP contribution in [0.3, 0.4) is 0 Å². The molecule has 4 aliphatic rings. The van der Waals surface area contributed by atoms with E-state index in [1.54, 1.807) is 60.7 Å². The number of thioether (sulfide) groups is 1. The van der Waals surface area contributed by atoms with Gasteiger partial charge in [-0.15, -0.1) is 0 Å². The fourth-order valence-corrected chi connectivity index (χ4v) is 15.7. The Bertz CT molecular complexity index is 4640. The molecule has 1 spiro atoms. The van der Waals surface area contributed by atoms with Crippen LogP contribution in [0.5, 0.6) is 23.0 Å². The summed E-state index contributed by atoms with van der Waals surface area (Å²) in [5.41, 5.74) is 28.6. The molecule has 0 aliphatic carbocycles. The van der Waals surface area contributed by atoms with E-state index >= 15 is 9.59 Å². The molecule has 5 aromatic carbocycles. The van der Waals surface area contributed by atoms with Crippen molar-refractivity contribution in [1.82, 2.24) is 63.0 Å². The minimum absolute atomic E-state index is 0.00553. The normalized spacial score (nSPS) is 16.6. The number of nitrogens with one attached hydrogen (secondary N) is 11. The summed E-state index contributed by atoms with van der Waals surface area (Å²) < 4.78 is 12.3. The van der Waals surface area contributed by atoms with E-state index in [9.17, 15) is 72.5 Å². The summed E-state index contributed by atoms with van der Waals surface area (Å²) in [4.78, 5) is 214. The van der Waals surface area contributed by atoms with E-state index in [4.69, 9.17) is 43.6 Å². The first-order chi connectivity index (χ1) is 58.3.